The van der Waals surface area contributed by atoms with Crippen molar-refractivity contribution in [2.75, 3.05) is 18.1 Å². The number of ether oxygens (including phenoxy) is 2. The minimum absolute atomic E-state index is 0.0254. The number of carbonyl (C=O) groups excluding carboxylic acids is 2. The molecule has 1 aromatic heterocycles. The van der Waals surface area contributed by atoms with Gasteiger partial charge < -0.3 is 14.6 Å². The van der Waals surface area contributed by atoms with Gasteiger partial charge in [-0.3, -0.25) is 14.5 Å². The molecule has 10 heteroatoms. The van der Waals surface area contributed by atoms with E-state index in [1.165, 1.54) is 33.6 Å². The molecular weight excluding hydrogens is 595 g/mol. The second-order valence-electron chi connectivity index (χ2n) is 10.9. The Balaban J connectivity index is 1.51. The number of hydrogen-bond donors (Lipinski definition) is 1. The Labute approximate surface area is 265 Å². The summed E-state index contributed by atoms with van der Waals surface area (Å²) in [6.07, 6.45) is 0.883. The molecule has 228 valence electrons. The Hall–Kier alpha value is -4.15. The molecule has 0 saturated carbocycles. The molecule has 2 heterocycles. The second-order valence-corrected chi connectivity index (χ2v) is 13.0. The van der Waals surface area contributed by atoms with E-state index in [0.29, 0.717) is 51.9 Å². The Morgan fingerprint density at radius 1 is 1.00 bits per heavy atom. The number of carbonyl (C=O) groups is 2. The maximum atomic E-state index is 13.6. The van der Waals surface area contributed by atoms with Gasteiger partial charge in [-0.25, -0.2) is 0 Å². The lowest BCUT2D eigenvalue weighted by molar-refractivity contribution is -0.132. The van der Waals surface area contributed by atoms with Gasteiger partial charge in [0.15, 0.2) is 4.34 Å². The lowest BCUT2D eigenvalue weighted by Crippen LogP contribution is -2.29. The molecule has 1 aliphatic rings. The van der Waals surface area contributed by atoms with Crippen LogP contribution in [0.15, 0.2) is 82.7 Å². The maximum Gasteiger partial charge on any atom is 0.301 e. The van der Waals surface area contributed by atoms with Crippen molar-refractivity contribution in [1.82, 2.24) is 10.2 Å². The number of aryl methyl sites for hydroxylation is 1. The topological polar surface area (TPSA) is 102 Å². The largest absolute Gasteiger partial charge is 0.507 e. The van der Waals surface area contributed by atoms with Crippen molar-refractivity contribution in [2.45, 2.75) is 50.3 Å². The van der Waals surface area contributed by atoms with Crippen molar-refractivity contribution < 1.29 is 24.2 Å². The number of anilines is 1. The van der Waals surface area contributed by atoms with E-state index in [9.17, 15) is 14.7 Å². The van der Waals surface area contributed by atoms with Crippen LogP contribution in [0.1, 0.15) is 55.5 Å². The molecule has 0 bridgehead atoms. The summed E-state index contributed by atoms with van der Waals surface area (Å²) >= 11 is 2.75. The molecule has 0 spiro atoms. The van der Waals surface area contributed by atoms with E-state index in [-0.39, 0.29) is 16.5 Å². The molecule has 5 rings (SSSR count). The van der Waals surface area contributed by atoms with Crippen LogP contribution >= 0.6 is 23.1 Å². The average molecular weight is 630 g/mol. The first-order chi connectivity index (χ1) is 21.2. The molecule has 1 N–H and O–H groups in total. The fraction of sp³-hybridized carbons (Fsp3) is 0.294. The summed E-state index contributed by atoms with van der Waals surface area (Å²) in [5.74, 6) is 0.568. The summed E-state index contributed by atoms with van der Waals surface area (Å²) in [6, 6.07) is 21.4. The molecule has 1 aliphatic heterocycles. The summed E-state index contributed by atoms with van der Waals surface area (Å²) < 4.78 is 12.2. The van der Waals surface area contributed by atoms with Gasteiger partial charge in [0.1, 0.15) is 17.3 Å². The monoisotopic (exact) mass is 629 g/mol. The molecule has 8 nitrogen and oxygen atoms in total. The van der Waals surface area contributed by atoms with Gasteiger partial charge >= 0.3 is 5.91 Å². The minimum atomic E-state index is -0.932. The fourth-order valence-electron chi connectivity index (χ4n) is 4.75. The van der Waals surface area contributed by atoms with Crippen LogP contribution < -0.4 is 14.4 Å². The van der Waals surface area contributed by atoms with Crippen molar-refractivity contribution in [3.63, 3.8) is 0 Å². The van der Waals surface area contributed by atoms with E-state index >= 15 is 0 Å². The Morgan fingerprint density at radius 2 is 1.75 bits per heavy atom. The highest BCUT2D eigenvalue weighted by Crippen LogP contribution is 2.44. The number of aromatic nitrogens is 2. The lowest BCUT2D eigenvalue weighted by atomic mass is 9.95. The van der Waals surface area contributed by atoms with Crippen LogP contribution in [-0.2, 0) is 15.3 Å². The third-order valence-electron chi connectivity index (χ3n) is 7.11. The molecule has 1 saturated heterocycles. The highest BCUT2D eigenvalue weighted by Gasteiger charge is 2.48. The number of benzene rings is 3. The van der Waals surface area contributed by atoms with Crippen LogP contribution in [0.25, 0.3) is 5.76 Å². The van der Waals surface area contributed by atoms with Gasteiger partial charge in [0.2, 0.25) is 5.13 Å². The van der Waals surface area contributed by atoms with Gasteiger partial charge in [-0.05, 0) is 73.7 Å². The number of amides is 1. The van der Waals surface area contributed by atoms with E-state index in [1.807, 2.05) is 38.1 Å². The van der Waals surface area contributed by atoms with Crippen LogP contribution in [0.4, 0.5) is 5.13 Å². The number of hydrogen-bond acceptors (Lipinski definition) is 9. The second kappa shape index (κ2) is 14.1. The standard InChI is InChI=1S/C34H35N3O5S2/c1-5-41-26-15-13-24(14-16-26)30(38)28-29(25-7-6-8-27(19-25)42-18-17-21(2)3)37(32(40)31(28)39)33-35-36-34(44-33)43-20-23-11-9-22(4)10-12-23/h6-16,19,21,29,38H,5,17-18,20H2,1-4H3. The third kappa shape index (κ3) is 7.14. The van der Waals surface area contributed by atoms with Crippen molar-refractivity contribution in [3.05, 3.63) is 101 Å². The van der Waals surface area contributed by atoms with Gasteiger partial charge in [-0.15, -0.1) is 10.2 Å². The summed E-state index contributed by atoms with van der Waals surface area (Å²) in [5.41, 5.74) is 3.31. The summed E-state index contributed by atoms with van der Waals surface area (Å²) in [5, 5.41) is 20.4. The number of rotatable bonds is 12. The first-order valence-corrected chi connectivity index (χ1v) is 16.3. The SMILES string of the molecule is CCOc1ccc(C(O)=C2C(=O)C(=O)N(c3nnc(SCc4ccc(C)cc4)s3)C2c2cccc(OCCC(C)C)c2)cc1. The van der Waals surface area contributed by atoms with Crippen molar-refractivity contribution in [2.24, 2.45) is 5.92 Å². The lowest BCUT2D eigenvalue weighted by Gasteiger charge is -2.23. The molecule has 1 unspecified atom stereocenters. The number of aliphatic hydroxyl groups excluding tert-OH is 1. The van der Waals surface area contributed by atoms with Crippen LogP contribution in [0.3, 0.4) is 0 Å². The van der Waals surface area contributed by atoms with Crippen LogP contribution in [-0.4, -0.2) is 40.2 Å². The number of ketones is 1. The molecule has 3 aromatic carbocycles. The zero-order valence-corrected chi connectivity index (χ0v) is 26.8. The normalized spacial score (nSPS) is 16.1. The maximum absolute atomic E-state index is 13.6. The summed E-state index contributed by atoms with van der Waals surface area (Å²) in [6.45, 7) is 9.22. The van der Waals surface area contributed by atoms with E-state index in [4.69, 9.17) is 9.47 Å². The predicted octanol–water partition coefficient (Wildman–Crippen LogP) is 7.59. The minimum Gasteiger partial charge on any atom is -0.507 e. The fourth-order valence-corrected chi connectivity index (χ4v) is 6.57. The first kappa shape index (κ1) is 31.3. The van der Waals surface area contributed by atoms with Gasteiger partial charge in [-0.1, -0.05) is 78.9 Å². The van der Waals surface area contributed by atoms with Crippen LogP contribution in [0.2, 0.25) is 0 Å². The molecule has 0 aliphatic carbocycles. The van der Waals surface area contributed by atoms with Crippen LogP contribution in [0, 0.1) is 12.8 Å². The molecule has 44 heavy (non-hydrogen) atoms. The predicted molar refractivity (Wildman–Crippen MR) is 174 cm³/mol. The Bertz CT molecular complexity index is 1650. The molecular formula is C34H35N3O5S2. The highest BCUT2D eigenvalue weighted by atomic mass is 32.2. The molecule has 1 amide bonds. The van der Waals surface area contributed by atoms with Crippen molar-refractivity contribution in [3.8, 4) is 11.5 Å². The zero-order chi connectivity index (χ0) is 31.2. The Kier molecular flexibility index (Phi) is 10.0. The number of Topliss-reactive ketones (excluding diaryl/α,β-unsaturated/α-hetero) is 1. The third-order valence-corrected chi connectivity index (χ3v) is 9.23. The van der Waals surface area contributed by atoms with Gasteiger partial charge in [-0.2, -0.15) is 0 Å². The number of thioether (sulfide) groups is 1. The van der Waals surface area contributed by atoms with E-state index < -0.39 is 17.7 Å². The molecule has 4 aromatic rings. The Morgan fingerprint density at radius 3 is 2.45 bits per heavy atom. The van der Waals surface area contributed by atoms with Gasteiger partial charge in [0, 0.05) is 11.3 Å². The smallest absolute Gasteiger partial charge is 0.301 e. The molecule has 1 atom stereocenters. The number of nitrogens with zero attached hydrogens (tertiary/aromatic N) is 3. The quantitative estimate of drug-likeness (QED) is 0.0562. The zero-order valence-electron chi connectivity index (χ0n) is 25.1. The van der Waals surface area contributed by atoms with Gasteiger partial charge in [0.05, 0.1) is 24.8 Å². The van der Waals surface area contributed by atoms with Gasteiger partial charge in [0.25, 0.3) is 5.78 Å². The van der Waals surface area contributed by atoms with E-state index in [0.717, 1.165) is 12.0 Å². The molecule has 0 radical (unpaired) electrons. The average Bonchev–Trinajstić information content (AvgIpc) is 3.59. The highest BCUT2D eigenvalue weighted by molar-refractivity contribution is 8.00. The molecule has 1 fully saturated rings. The van der Waals surface area contributed by atoms with E-state index in [1.54, 1.807) is 24.3 Å². The first-order valence-electron chi connectivity index (χ1n) is 14.5. The van der Waals surface area contributed by atoms with Crippen molar-refractivity contribution in [1.29, 1.82) is 0 Å². The summed E-state index contributed by atoms with van der Waals surface area (Å²) in [4.78, 5) is 28.6. The van der Waals surface area contributed by atoms with Crippen LogP contribution in [0.5, 0.6) is 11.5 Å². The summed E-state index contributed by atoms with van der Waals surface area (Å²) in [7, 11) is 0. The number of aliphatic hydroxyl groups is 1. The van der Waals surface area contributed by atoms with Crippen molar-refractivity contribution >= 4 is 45.7 Å². The van der Waals surface area contributed by atoms with E-state index in [2.05, 4.69) is 48.3 Å².